The van der Waals surface area contributed by atoms with Crippen molar-refractivity contribution in [1.82, 2.24) is 19.9 Å². The van der Waals surface area contributed by atoms with E-state index in [1.807, 2.05) is 0 Å². The van der Waals surface area contributed by atoms with Crippen molar-refractivity contribution in [3.05, 3.63) is 60.2 Å². The summed E-state index contributed by atoms with van der Waals surface area (Å²) in [5.74, 6) is 0.238. The highest BCUT2D eigenvalue weighted by Gasteiger charge is 2.26. The molecule has 1 fully saturated rings. The van der Waals surface area contributed by atoms with Crippen molar-refractivity contribution in [3.63, 3.8) is 0 Å². The second-order valence-electron chi connectivity index (χ2n) is 6.59. The number of nitrogens with zero attached hydrogens (tertiary/aromatic N) is 5. The van der Waals surface area contributed by atoms with Gasteiger partial charge in [-0.1, -0.05) is 0 Å². The maximum Gasteiger partial charge on any atom is 0.145 e. The molecule has 1 aliphatic rings. The Kier molecular flexibility index (Phi) is 4.46. The highest BCUT2D eigenvalue weighted by Crippen LogP contribution is 2.26. The first-order chi connectivity index (χ1) is 12.6. The molecule has 3 heterocycles. The topological polar surface area (TPSA) is 45.2 Å². The molecule has 1 unspecified atom stereocenters. The zero-order valence-corrected chi connectivity index (χ0v) is 14.4. The van der Waals surface area contributed by atoms with Crippen LogP contribution in [0, 0.1) is 11.6 Å². The molecule has 1 aliphatic heterocycles. The number of halogens is 2. The molecule has 0 amide bonds. The summed E-state index contributed by atoms with van der Waals surface area (Å²) in [6.45, 7) is 4.99. The Hall–Kier alpha value is -2.67. The van der Waals surface area contributed by atoms with Crippen LogP contribution in [0.15, 0.2) is 43.0 Å². The number of fused-ring (bicyclic) bond motifs is 1. The van der Waals surface area contributed by atoms with Crippen LogP contribution in [0.4, 0.5) is 14.6 Å². The number of rotatable bonds is 3. The van der Waals surface area contributed by atoms with Crippen LogP contribution >= 0.6 is 0 Å². The fourth-order valence-electron chi connectivity index (χ4n) is 3.44. The van der Waals surface area contributed by atoms with E-state index in [4.69, 9.17) is 0 Å². The lowest BCUT2D eigenvalue weighted by molar-refractivity contribution is 0.178. The van der Waals surface area contributed by atoms with E-state index in [1.165, 1.54) is 24.7 Å². The molecule has 0 radical (unpaired) electrons. The standard InChI is InChI=1S/C19H19F2N5/c1-13-10-26(7-6-25(13)11-14-4-5-22-9-17(14)21)19-16-3-2-15(20)8-18(16)23-12-24-19/h2-5,8-9,12-13H,6-7,10-11H2,1H3. The second-order valence-corrected chi connectivity index (χ2v) is 6.59. The minimum atomic E-state index is -0.306. The van der Waals surface area contributed by atoms with Gasteiger partial charge in [0.15, 0.2) is 0 Å². The summed E-state index contributed by atoms with van der Waals surface area (Å²) in [4.78, 5) is 16.8. The first kappa shape index (κ1) is 16.8. The molecule has 0 N–H and O–H groups in total. The van der Waals surface area contributed by atoms with Gasteiger partial charge in [-0.2, -0.15) is 0 Å². The fourth-order valence-corrected chi connectivity index (χ4v) is 3.44. The van der Waals surface area contributed by atoms with E-state index in [2.05, 4.69) is 31.7 Å². The summed E-state index contributed by atoms with van der Waals surface area (Å²) >= 11 is 0. The van der Waals surface area contributed by atoms with Crippen LogP contribution in [0.25, 0.3) is 10.9 Å². The van der Waals surface area contributed by atoms with E-state index < -0.39 is 0 Å². The maximum absolute atomic E-state index is 13.9. The molecule has 134 valence electrons. The summed E-state index contributed by atoms with van der Waals surface area (Å²) in [5.41, 5.74) is 1.26. The highest BCUT2D eigenvalue weighted by atomic mass is 19.1. The van der Waals surface area contributed by atoms with Crippen LogP contribution in [0.3, 0.4) is 0 Å². The van der Waals surface area contributed by atoms with Crippen LogP contribution in [-0.2, 0) is 6.54 Å². The lowest BCUT2D eigenvalue weighted by Gasteiger charge is -2.40. The van der Waals surface area contributed by atoms with E-state index >= 15 is 0 Å². The molecule has 0 spiro atoms. The summed E-state index contributed by atoms with van der Waals surface area (Å²) in [5, 5.41) is 0.842. The monoisotopic (exact) mass is 355 g/mol. The summed E-state index contributed by atoms with van der Waals surface area (Å²) in [6, 6.07) is 6.53. The molecule has 0 aliphatic carbocycles. The van der Waals surface area contributed by atoms with Gasteiger partial charge in [0.25, 0.3) is 0 Å². The largest absolute Gasteiger partial charge is 0.353 e. The van der Waals surface area contributed by atoms with Crippen molar-refractivity contribution in [2.45, 2.75) is 19.5 Å². The Morgan fingerprint density at radius 1 is 1.15 bits per heavy atom. The molecule has 0 saturated carbocycles. The summed E-state index contributed by atoms with van der Waals surface area (Å²) in [7, 11) is 0. The van der Waals surface area contributed by atoms with Crippen LogP contribution in [0.2, 0.25) is 0 Å². The van der Waals surface area contributed by atoms with Crippen molar-refractivity contribution in [3.8, 4) is 0 Å². The molecule has 26 heavy (non-hydrogen) atoms. The number of piperazine rings is 1. The van der Waals surface area contributed by atoms with Gasteiger partial charge >= 0.3 is 0 Å². The Balaban J connectivity index is 1.53. The third-order valence-electron chi connectivity index (χ3n) is 4.87. The average molecular weight is 355 g/mol. The van der Waals surface area contributed by atoms with E-state index in [-0.39, 0.29) is 17.7 Å². The van der Waals surface area contributed by atoms with Crippen LogP contribution in [0.1, 0.15) is 12.5 Å². The summed E-state index contributed by atoms with van der Waals surface area (Å²) < 4.78 is 27.3. The molecular formula is C19H19F2N5. The van der Waals surface area contributed by atoms with Crippen molar-refractivity contribution in [2.24, 2.45) is 0 Å². The third-order valence-corrected chi connectivity index (χ3v) is 4.87. The lowest BCUT2D eigenvalue weighted by atomic mass is 10.1. The molecule has 4 rings (SSSR count). The molecule has 7 heteroatoms. The zero-order chi connectivity index (χ0) is 18.1. The van der Waals surface area contributed by atoms with E-state index in [9.17, 15) is 8.78 Å². The Morgan fingerprint density at radius 2 is 2.04 bits per heavy atom. The normalized spacial score (nSPS) is 18.4. The van der Waals surface area contributed by atoms with Crippen molar-refractivity contribution in [2.75, 3.05) is 24.5 Å². The molecule has 1 aromatic carbocycles. The third kappa shape index (κ3) is 3.22. The van der Waals surface area contributed by atoms with Gasteiger partial charge in [-0.3, -0.25) is 9.88 Å². The Bertz CT molecular complexity index is 933. The van der Waals surface area contributed by atoms with Gasteiger partial charge in [0.05, 0.1) is 11.7 Å². The van der Waals surface area contributed by atoms with Gasteiger partial charge in [-0.25, -0.2) is 18.7 Å². The predicted octanol–water partition coefficient (Wildman–Crippen LogP) is 3.01. The molecule has 5 nitrogen and oxygen atoms in total. The summed E-state index contributed by atoms with van der Waals surface area (Å²) in [6.07, 6.45) is 4.34. The minimum absolute atomic E-state index is 0.224. The predicted molar refractivity (Wildman–Crippen MR) is 95.8 cm³/mol. The van der Waals surface area contributed by atoms with E-state index in [0.717, 1.165) is 30.8 Å². The van der Waals surface area contributed by atoms with Gasteiger partial charge in [-0.15, -0.1) is 0 Å². The van der Waals surface area contributed by atoms with Gasteiger partial charge in [-0.05, 0) is 25.1 Å². The number of aromatic nitrogens is 3. The first-order valence-electron chi connectivity index (χ1n) is 8.59. The van der Waals surface area contributed by atoms with E-state index in [1.54, 1.807) is 18.3 Å². The molecular weight excluding hydrogens is 336 g/mol. The smallest absolute Gasteiger partial charge is 0.145 e. The number of benzene rings is 1. The SMILES string of the molecule is CC1CN(c2ncnc3cc(F)ccc23)CCN1Cc1ccncc1F. The van der Waals surface area contributed by atoms with Gasteiger partial charge in [0.1, 0.15) is 23.8 Å². The lowest BCUT2D eigenvalue weighted by Crippen LogP contribution is -2.51. The average Bonchev–Trinajstić information content (AvgIpc) is 2.64. The fraction of sp³-hybridized carbons (Fsp3) is 0.316. The Morgan fingerprint density at radius 3 is 2.85 bits per heavy atom. The second kappa shape index (κ2) is 6.92. The molecule has 0 bridgehead atoms. The van der Waals surface area contributed by atoms with Crippen LogP contribution < -0.4 is 4.90 Å². The number of hydrogen-bond acceptors (Lipinski definition) is 5. The molecule has 1 atom stereocenters. The van der Waals surface area contributed by atoms with Crippen molar-refractivity contribution < 1.29 is 8.78 Å². The zero-order valence-electron chi connectivity index (χ0n) is 14.4. The maximum atomic E-state index is 13.9. The molecule has 2 aromatic heterocycles. The van der Waals surface area contributed by atoms with Crippen LogP contribution in [-0.4, -0.2) is 45.5 Å². The minimum Gasteiger partial charge on any atom is -0.353 e. The highest BCUT2D eigenvalue weighted by molar-refractivity contribution is 5.89. The Labute approximate surface area is 150 Å². The molecule has 1 saturated heterocycles. The number of pyridine rings is 1. The van der Waals surface area contributed by atoms with Gasteiger partial charge < -0.3 is 4.90 Å². The first-order valence-corrected chi connectivity index (χ1v) is 8.59. The van der Waals surface area contributed by atoms with Gasteiger partial charge in [0, 0.05) is 55.4 Å². The molecule has 3 aromatic rings. The van der Waals surface area contributed by atoms with Gasteiger partial charge in [0.2, 0.25) is 0 Å². The van der Waals surface area contributed by atoms with Crippen LogP contribution in [0.5, 0.6) is 0 Å². The quantitative estimate of drug-likeness (QED) is 0.723. The van der Waals surface area contributed by atoms with Crippen molar-refractivity contribution >= 4 is 16.7 Å². The van der Waals surface area contributed by atoms with Crippen molar-refractivity contribution in [1.29, 1.82) is 0 Å². The number of anilines is 1. The number of hydrogen-bond donors (Lipinski definition) is 0. The van der Waals surface area contributed by atoms with E-state index in [0.29, 0.717) is 17.6 Å².